The molecule has 1 atom stereocenters. The summed E-state index contributed by atoms with van der Waals surface area (Å²) in [7, 11) is 1.57. The minimum absolute atomic E-state index is 0.242. The molecule has 0 aromatic heterocycles. The molecule has 0 aliphatic heterocycles. The summed E-state index contributed by atoms with van der Waals surface area (Å²) in [5, 5.41) is 14.8. The second kappa shape index (κ2) is 6.21. The van der Waals surface area contributed by atoms with Gasteiger partial charge in [-0.05, 0) is 41.8 Å². The van der Waals surface area contributed by atoms with Crippen molar-refractivity contribution in [3.05, 3.63) is 54.1 Å². The van der Waals surface area contributed by atoms with Crippen LogP contribution in [0, 0.1) is 0 Å². The van der Waals surface area contributed by atoms with Gasteiger partial charge in [-0.25, -0.2) is 4.79 Å². The number of hydrogen-bond acceptors (Lipinski definition) is 2. The van der Waals surface area contributed by atoms with E-state index in [2.05, 4.69) is 10.6 Å². The molecule has 0 spiro atoms. The Balaban J connectivity index is 2.21. The Labute approximate surface area is 118 Å². The maximum Gasteiger partial charge on any atom is 0.318 e. The van der Waals surface area contributed by atoms with E-state index >= 15 is 0 Å². The van der Waals surface area contributed by atoms with Crippen LogP contribution in [0.1, 0.15) is 18.6 Å². The molecule has 2 aromatic carbocycles. The molecule has 20 heavy (non-hydrogen) atoms. The molecule has 0 saturated heterocycles. The molecule has 0 aliphatic carbocycles. The molecule has 4 nitrogen and oxygen atoms in total. The molecule has 4 heteroatoms. The van der Waals surface area contributed by atoms with Crippen molar-refractivity contribution in [1.82, 2.24) is 5.32 Å². The highest BCUT2D eigenvalue weighted by atomic mass is 16.3. The third-order valence-corrected chi connectivity index (χ3v) is 3.07. The number of carbonyl (C=O) groups excluding carboxylic acids is 1. The summed E-state index contributed by atoms with van der Waals surface area (Å²) < 4.78 is 0. The van der Waals surface area contributed by atoms with Crippen LogP contribution < -0.4 is 10.6 Å². The van der Waals surface area contributed by atoms with Gasteiger partial charge in [0.2, 0.25) is 0 Å². The minimum Gasteiger partial charge on any atom is -0.389 e. The smallest absolute Gasteiger partial charge is 0.318 e. The van der Waals surface area contributed by atoms with Crippen LogP contribution in [0.5, 0.6) is 0 Å². The topological polar surface area (TPSA) is 61.4 Å². The SMILES string of the molecule is CNC(=O)Nc1ccc(-c2cccc([C@@H](C)O)c2)cc1. The number of urea groups is 1. The van der Waals surface area contributed by atoms with E-state index in [4.69, 9.17) is 0 Å². The Morgan fingerprint density at radius 1 is 1.10 bits per heavy atom. The zero-order valence-corrected chi connectivity index (χ0v) is 11.6. The Morgan fingerprint density at radius 2 is 1.80 bits per heavy atom. The quantitative estimate of drug-likeness (QED) is 0.802. The summed E-state index contributed by atoms with van der Waals surface area (Å²) in [6.45, 7) is 1.75. The highest BCUT2D eigenvalue weighted by molar-refractivity contribution is 5.89. The molecule has 2 rings (SSSR count). The van der Waals surface area contributed by atoms with Crippen molar-refractivity contribution < 1.29 is 9.90 Å². The monoisotopic (exact) mass is 270 g/mol. The van der Waals surface area contributed by atoms with E-state index in [0.717, 1.165) is 22.4 Å². The van der Waals surface area contributed by atoms with Gasteiger partial charge in [-0.3, -0.25) is 0 Å². The van der Waals surface area contributed by atoms with Crippen molar-refractivity contribution in [2.75, 3.05) is 12.4 Å². The van der Waals surface area contributed by atoms with Crippen LogP contribution in [0.25, 0.3) is 11.1 Å². The lowest BCUT2D eigenvalue weighted by Gasteiger charge is -2.09. The molecule has 0 aliphatic rings. The number of amides is 2. The van der Waals surface area contributed by atoms with Gasteiger partial charge in [0.05, 0.1) is 6.10 Å². The van der Waals surface area contributed by atoms with Crippen molar-refractivity contribution in [2.24, 2.45) is 0 Å². The summed E-state index contributed by atoms with van der Waals surface area (Å²) in [6, 6.07) is 15.1. The van der Waals surface area contributed by atoms with Crippen molar-refractivity contribution in [3.63, 3.8) is 0 Å². The van der Waals surface area contributed by atoms with Crippen molar-refractivity contribution >= 4 is 11.7 Å². The van der Waals surface area contributed by atoms with Crippen LogP contribution in [0.15, 0.2) is 48.5 Å². The number of carbonyl (C=O) groups is 1. The van der Waals surface area contributed by atoms with Crippen LogP contribution >= 0.6 is 0 Å². The molecule has 104 valence electrons. The third-order valence-electron chi connectivity index (χ3n) is 3.07. The van der Waals surface area contributed by atoms with Crippen molar-refractivity contribution in [1.29, 1.82) is 0 Å². The normalized spacial score (nSPS) is 11.8. The average Bonchev–Trinajstić information content (AvgIpc) is 2.48. The molecule has 0 unspecified atom stereocenters. The fraction of sp³-hybridized carbons (Fsp3) is 0.188. The molecule has 0 bridgehead atoms. The predicted molar refractivity (Wildman–Crippen MR) is 80.6 cm³/mol. The van der Waals surface area contributed by atoms with Crippen LogP contribution in [-0.2, 0) is 0 Å². The molecular weight excluding hydrogens is 252 g/mol. The lowest BCUT2D eigenvalue weighted by molar-refractivity contribution is 0.199. The number of hydrogen-bond donors (Lipinski definition) is 3. The second-order valence-electron chi connectivity index (χ2n) is 4.58. The van der Waals surface area contributed by atoms with Gasteiger partial charge in [-0.2, -0.15) is 0 Å². The first-order chi connectivity index (χ1) is 9.60. The van der Waals surface area contributed by atoms with Crippen molar-refractivity contribution in [3.8, 4) is 11.1 Å². The molecule has 0 saturated carbocycles. The van der Waals surface area contributed by atoms with Crippen LogP contribution in [0.3, 0.4) is 0 Å². The largest absolute Gasteiger partial charge is 0.389 e. The van der Waals surface area contributed by atoms with E-state index in [1.165, 1.54) is 0 Å². The Hall–Kier alpha value is -2.33. The summed E-state index contributed by atoms with van der Waals surface area (Å²) in [5.74, 6) is 0. The Kier molecular flexibility index (Phi) is 4.38. The number of aliphatic hydroxyl groups is 1. The maximum absolute atomic E-state index is 11.2. The van der Waals surface area contributed by atoms with Gasteiger partial charge in [0.1, 0.15) is 0 Å². The zero-order chi connectivity index (χ0) is 14.5. The second-order valence-corrected chi connectivity index (χ2v) is 4.58. The lowest BCUT2D eigenvalue weighted by Crippen LogP contribution is -2.24. The van der Waals surface area contributed by atoms with E-state index in [-0.39, 0.29) is 6.03 Å². The van der Waals surface area contributed by atoms with Gasteiger partial charge < -0.3 is 15.7 Å². The van der Waals surface area contributed by atoms with Gasteiger partial charge in [-0.1, -0.05) is 30.3 Å². The highest BCUT2D eigenvalue weighted by Gasteiger charge is 2.04. The molecule has 3 N–H and O–H groups in total. The maximum atomic E-state index is 11.2. The standard InChI is InChI=1S/C16H18N2O2/c1-11(19)13-4-3-5-14(10-13)12-6-8-15(9-7-12)18-16(20)17-2/h3-11,19H,1-2H3,(H2,17,18,20)/t11-/m1/s1. The third kappa shape index (κ3) is 3.36. The molecule has 2 amide bonds. The predicted octanol–water partition coefficient (Wildman–Crippen LogP) is 3.16. The fourth-order valence-corrected chi connectivity index (χ4v) is 1.92. The molecule has 2 aromatic rings. The molecule has 0 radical (unpaired) electrons. The summed E-state index contributed by atoms with van der Waals surface area (Å²) >= 11 is 0. The van der Waals surface area contributed by atoms with E-state index in [1.54, 1.807) is 14.0 Å². The first-order valence-electron chi connectivity index (χ1n) is 6.47. The Bertz CT molecular complexity index is 592. The zero-order valence-electron chi connectivity index (χ0n) is 11.6. The summed E-state index contributed by atoms with van der Waals surface area (Å²) in [5.41, 5.74) is 3.69. The fourth-order valence-electron chi connectivity index (χ4n) is 1.92. The molecular formula is C16H18N2O2. The van der Waals surface area contributed by atoms with Gasteiger partial charge in [0, 0.05) is 12.7 Å². The van der Waals surface area contributed by atoms with E-state index in [9.17, 15) is 9.90 Å². The summed E-state index contributed by atoms with van der Waals surface area (Å²) in [6.07, 6.45) is -0.482. The average molecular weight is 270 g/mol. The molecule has 0 heterocycles. The number of aliphatic hydroxyl groups excluding tert-OH is 1. The van der Waals surface area contributed by atoms with E-state index in [1.807, 2.05) is 48.5 Å². The van der Waals surface area contributed by atoms with E-state index < -0.39 is 6.10 Å². The minimum atomic E-state index is -0.482. The van der Waals surface area contributed by atoms with E-state index in [0.29, 0.717) is 0 Å². The first kappa shape index (κ1) is 14.1. The van der Waals surface area contributed by atoms with Crippen molar-refractivity contribution in [2.45, 2.75) is 13.0 Å². The highest BCUT2D eigenvalue weighted by Crippen LogP contribution is 2.24. The lowest BCUT2D eigenvalue weighted by atomic mass is 10.0. The van der Waals surface area contributed by atoms with Gasteiger partial charge in [-0.15, -0.1) is 0 Å². The number of benzene rings is 2. The van der Waals surface area contributed by atoms with Gasteiger partial charge in [0.25, 0.3) is 0 Å². The van der Waals surface area contributed by atoms with Crippen LogP contribution in [0.4, 0.5) is 10.5 Å². The van der Waals surface area contributed by atoms with Crippen LogP contribution in [-0.4, -0.2) is 18.2 Å². The first-order valence-corrected chi connectivity index (χ1v) is 6.47. The summed E-state index contributed by atoms with van der Waals surface area (Å²) in [4.78, 5) is 11.2. The van der Waals surface area contributed by atoms with Crippen LogP contribution in [0.2, 0.25) is 0 Å². The number of rotatable bonds is 3. The van der Waals surface area contributed by atoms with Gasteiger partial charge in [0.15, 0.2) is 0 Å². The number of nitrogens with one attached hydrogen (secondary N) is 2. The number of anilines is 1. The molecule has 0 fully saturated rings. The Morgan fingerprint density at radius 3 is 2.40 bits per heavy atom. The van der Waals surface area contributed by atoms with Gasteiger partial charge >= 0.3 is 6.03 Å².